The number of halogens is 2. The second kappa shape index (κ2) is 31.8. The van der Waals surface area contributed by atoms with Gasteiger partial charge in [0.05, 0.1) is 6.10 Å². The van der Waals surface area contributed by atoms with E-state index >= 15 is 0 Å². The standard InChI is InChI=1S/C11H17ClN4.C11H18N4.C10H15ClN4O.2C10H16N4O/c1-3-8-5-9(4-7(8)2)15-11-14-6-13-10(12)16-11;1-3-9-5-10(4-8(9)2)15-11-13-6-12-7-14-11;1-6-2-8(3-7(6)4-16)14-10-13-5-12-9(11)15-10;1-7-2-9(3-8(7)4-15)14-10-12-5-11-6-13-10;1-2-7-3-8(4-9(7)15)14-10-12-5-11-6-13-10/h6-9H,3-5H2,1-2H3,(H,13,14,15,16);6-10H,3-5H2,1-2H3,(H,12,13,14,15);5-8,16H,2-4H2,1H3,(H,12,13,14,15);2*5-9,15H,2-4H2,1H3,(H,11,12,13,14)/t7-,8-,9-;8-,9-,10-;6-,7+,8-;2*7-,8+,9-/m00000/s1. The van der Waals surface area contributed by atoms with Crippen LogP contribution in [0.1, 0.15) is 132 Å². The Labute approximate surface area is 463 Å². The van der Waals surface area contributed by atoms with Crippen LogP contribution in [-0.4, -0.2) is 140 Å². The molecule has 25 heteroatoms. The van der Waals surface area contributed by atoms with Crippen molar-refractivity contribution in [3.63, 3.8) is 0 Å². The van der Waals surface area contributed by atoms with Crippen molar-refractivity contribution < 1.29 is 15.3 Å². The highest BCUT2D eigenvalue weighted by Crippen LogP contribution is 2.37. The predicted octanol–water partition coefficient (Wildman–Crippen LogP) is 7.74. The first kappa shape index (κ1) is 60.7. The van der Waals surface area contributed by atoms with Gasteiger partial charge in [-0.1, -0.05) is 67.7 Å². The minimum Gasteiger partial charge on any atom is -0.396 e. The van der Waals surface area contributed by atoms with Crippen LogP contribution >= 0.6 is 23.2 Å². The van der Waals surface area contributed by atoms with Crippen LogP contribution < -0.4 is 26.6 Å². The van der Waals surface area contributed by atoms with Crippen LogP contribution in [0, 0.1) is 53.3 Å². The first-order valence-electron chi connectivity index (χ1n) is 27.5. The summed E-state index contributed by atoms with van der Waals surface area (Å²) in [5, 5.41) is 44.9. The van der Waals surface area contributed by atoms with E-state index in [4.69, 9.17) is 28.3 Å². The molecule has 0 radical (unpaired) electrons. The van der Waals surface area contributed by atoms with E-state index in [1.165, 1.54) is 89.1 Å². The van der Waals surface area contributed by atoms with Gasteiger partial charge >= 0.3 is 0 Å². The molecule has 5 aromatic rings. The Hall–Kier alpha value is -5.49. The van der Waals surface area contributed by atoms with Crippen LogP contribution in [0.3, 0.4) is 0 Å². The quantitative estimate of drug-likeness (QED) is 0.0497. The number of rotatable bonds is 15. The van der Waals surface area contributed by atoms with Gasteiger partial charge in [-0.2, -0.15) is 9.97 Å². The van der Waals surface area contributed by atoms with Gasteiger partial charge in [0, 0.05) is 43.4 Å². The number of hydrogen-bond donors (Lipinski definition) is 8. The summed E-state index contributed by atoms with van der Waals surface area (Å²) in [7, 11) is 0. The second-order valence-corrected chi connectivity index (χ2v) is 22.1. The molecule has 5 aliphatic rings. The van der Waals surface area contributed by atoms with Crippen molar-refractivity contribution in [2.24, 2.45) is 53.3 Å². The molecule has 0 aliphatic heterocycles. The predicted molar refractivity (Wildman–Crippen MR) is 298 cm³/mol. The number of aliphatic hydroxyl groups excluding tert-OH is 3. The van der Waals surface area contributed by atoms with E-state index in [1.807, 2.05) is 0 Å². The lowest BCUT2D eigenvalue weighted by Gasteiger charge is -2.12. The van der Waals surface area contributed by atoms with Gasteiger partial charge in [-0.3, -0.25) is 0 Å². The van der Waals surface area contributed by atoms with Gasteiger partial charge in [0.15, 0.2) is 0 Å². The largest absolute Gasteiger partial charge is 0.396 e. The molecule has 0 bridgehead atoms. The third-order valence-corrected chi connectivity index (χ3v) is 16.5. The van der Waals surface area contributed by atoms with E-state index in [0.717, 1.165) is 68.6 Å². The zero-order chi connectivity index (χ0) is 55.1. The summed E-state index contributed by atoms with van der Waals surface area (Å²) in [5.74, 6) is 8.56. The highest BCUT2D eigenvalue weighted by molar-refractivity contribution is 6.28. The average molecular weight is 1110 g/mol. The lowest BCUT2D eigenvalue weighted by molar-refractivity contribution is 0.130. The number of nitrogens with zero attached hydrogens (tertiary/aromatic N) is 15. The summed E-state index contributed by atoms with van der Waals surface area (Å²) >= 11 is 11.4. The zero-order valence-electron chi connectivity index (χ0n) is 45.7. The Morgan fingerprint density at radius 1 is 0.377 bits per heavy atom. The smallest absolute Gasteiger partial charge is 0.227 e. The second-order valence-electron chi connectivity index (χ2n) is 21.5. The van der Waals surface area contributed by atoms with E-state index in [9.17, 15) is 10.2 Å². The third kappa shape index (κ3) is 20.0. The lowest BCUT2D eigenvalue weighted by atomic mass is 9.96. The number of aliphatic hydroxyl groups is 3. The maximum Gasteiger partial charge on any atom is 0.227 e. The van der Waals surface area contributed by atoms with Crippen LogP contribution in [0.4, 0.5) is 29.7 Å². The van der Waals surface area contributed by atoms with Gasteiger partial charge < -0.3 is 41.9 Å². The van der Waals surface area contributed by atoms with Crippen LogP contribution in [0.2, 0.25) is 10.6 Å². The van der Waals surface area contributed by atoms with Crippen molar-refractivity contribution in [1.29, 1.82) is 0 Å². The molecule has 0 amide bonds. The Morgan fingerprint density at radius 3 is 0.922 bits per heavy atom. The zero-order valence-corrected chi connectivity index (χ0v) is 47.2. The third-order valence-electron chi connectivity index (χ3n) is 16.1. The SMILES string of the molecule is CC[C@H]1C[C@@H](Nc2ncnc(Cl)n2)C[C@@H]1C.CC[C@H]1C[C@@H](Nc2ncncn2)C[C@@H]1C.CC[C@H]1C[C@@H](Nc2ncncn2)C[C@@H]1O.C[C@H]1C[C@H](Nc2ncnc(Cl)n2)C[C@@H]1CO.C[C@H]1C[C@H](Nc2ncncn2)C[C@@H]1CO. The maximum atomic E-state index is 9.74. The van der Waals surface area contributed by atoms with Crippen molar-refractivity contribution in [2.75, 3.05) is 39.8 Å². The summed E-state index contributed by atoms with van der Waals surface area (Å²) in [6.45, 7) is 16.1. The molecule has 77 heavy (non-hydrogen) atoms. The average Bonchev–Trinajstić information content (AvgIpc) is 4.26. The highest BCUT2D eigenvalue weighted by atomic mass is 35.5. The normalized spacial score (nSPS) is 29.9. The first-order chi connectivity index (χ1) is 37.2. The van der Waals surface area contributed by atoms with E-state index in [-0.39, 0.29) is 35.9 Å². The molecular formula is C52H82Cl2N20O3. The monoisotopic (exact) mass is 1100 g/mol. The fraction of sp³-hybridized carbons (Fsp3) is 0.712. The Morgan fingerprint density at radius 2 is 0.649 bits per heavy atom. The van der Waals surface area contributed by atoms with Crippen LogP contribution in [0.25, 0.3) is 0 Å². The first-order valence-corrected chi connectivity index (χ1v) is 28.3. The van der Waals surface area contributed by atoms with Gasteiger partial charge in [-0.25, -0.2) is 64.8 Å². The fourth-order valence-corrected chi connectivity index (χ4v) is 11.9. The van der Waals surface area contributed by atoms with E-state index in [1.54, 1.807) is 0 Å². The lowest BCUT2D eigenvalue weighted by Crippen LogP contribution is -2.18. The van der Waals surface area contributed by atoms with E-state index in [2.05, 4.69) is 150 Å². The molecule has 5 aliphatic carbocycles. The van der Waals surface area contributed by atoms with Crippen molar-refractivity contribution >= 4 is 52.9 Å². The summed E-state index contributed by atoms with van der Waals surface area (Å²) in [6.07, 6.45) is 25.8. The molecule has 5 heterocycles. The molecule has 8 N–H and O–H groups in total. The number of hydrogen-bond acceptors (Lipinski definition) is 23. The molecule has 5 aromatic heterocycles. The molecule has 15 atom stereocenters. The van der Waals surface area contributed by atoms with Crippen molar-refractivity contribution in [1.82, 2.24) is 74.8 Å². The minimum atomic E-state index is -0.186. The summed E-state index contributed by atoms with van der Waals surface area (Å²) in [6, 6.07) is 1.98. The number of anilines is 5. The van der Waals surface area contributed by atoms with Gasteiger partial charge in [0.2, 0.25) is 40.3 Å². The minimum absolute atomic E-state index is 0.186. The molecule has 23 nitrogen and oxygen atoms in total. The Kier molecular flexibility index (Phi) is 25.1. The van der Waals surface area contributed by atoms with Crippen molar-refractivity contribution in [2.45, 2.75) is 168 Å². The molecule has 0 spiro atoms. The summed E-state index contributed by atoms with van der Waals surface area (Å²) < 4.78 is 0. The Balaban J connectivity index is 0.000000156. The van der Waals surface area contributed by atoms with Gasteiger partial charge in [0.25, 0.3) is 0 Å². The Bertz CT molecular complexity index is 2180. The van der Waals surface area contributed by atoms with Crippen molar-refractivity contribution in [3.8, 4) is 0 Å². The maximum absolute atomic E-state index is 9.74. The molecule has 0 saturated heterocycles. The van der Waals surface area contributed by atoms with E-state index < -0.39 is 0 Å². The topological polar surface area (TPSA) is 314 Å². The van der Waals surface area contributed by atoms with Crippen LogP contribution in [0.15, 0.2) is 50.6 Å². The molecule has 5 fully saturated rings. The van der Waals surface area contributed by atoms with Gasteiger partial charge in [-0.15, -0.1) is 0 Å². The summed E-state index contributed by atoms with van der Waals surface area (Å²) in [4.78, 5) is 59.1. The summed E-state index contributed by atoms with van der Waals surface area (Å²) in [5.41, 5.74) is 0. The van der Waals surface area contributed by atoms with Crippen LogP contribution in [-0.2, 0) is 0 Å². The number of nitrogens with one attached hydrogen (secondary N) is 5. The highest BCUT2D eigenvalue weighted by Gasteiger charge is 2.34. The van der Waals surface area contributed by atoms with Crippen molar-refractivity contribution in [3.05, 3.63) is 61.2 Å². The van der Waals surface area contributed by atoms with Gasteiger partial charge in [-0.05, 0) is 141 Å². The van der Waals surface area contributed by atoms with Gasteiger partial charge in [0.1, 0.15) is 50.6 Å². The number of aromatic nitrogens is 15. The van der Waals surface area contributed by atoms with Crippen LogP contribution in [0.5, 0.6) is 0 Å². The molecule has 422 valence electrons. The van der Waals surface area contributed by atoms with E-state index in [0.29, 0.717) is 83.5 Å². The fourth-order valence-electron chi connectivity index (χ4n) is 11.7. The molecule has 0 unspecified atom stereocenters. The molecule has 10 rings (SSSR count). The molecule has 5 saturated carbocycles. The molecule has 0 aromatic carbocycles. The molecular weight excluding hydrogens is 1020 g/mol.